The number of amides is 1. The van der Waals surface area contributed by atoms with E-state index in [1.807, 2.05) is 6.07 Å². The molecule has 0 saturated heterocycles. The summed E-state index contributed by atoms with van der Waals surface area (Å²) in [7, 11) is 0. The van der Waals surface area contributed by atoms with Gasteiger partial charge in [0.1, 0.15) is 17.5 Å². The van der Waals surface area contributed by atoms with Gasteiger partial charge < -0.3 is 15.4 Å². The summed E-state index contributed by atoms with van der Waals surface area (Å²) in [5.41, 5.74) is -0.293. The second-order valence-electron chi connectivity index (χ2n) is 6.81. The molecule has 1 atom stereocenters. The molecule has 0 bridgehead atoms. The third kappa shape index (κ3) is 5.93. The van der Waals surface area contributed by atoms with Gasteiger partial charge in [-0.05, 0) is 73.7 Å². The molecule has 0 spiro atoms. The van der Waals surface area contributed by atoms with Crippen LogP contribution in [0.2, 0.25) is 5.02 Å². The van der Waals surface area contributed by atoms with Gasteiger partial charge in [-0.2, -0.15) is 18.4 Å². The minimum absolute atomic E-state index is 0.0789. The van der Waals surface area contributed by atoms with E-state index in [1.54, 1.807) is 48.5 Å². The number of rotatable bonds is 6. The van der Waals surface area contributed by atoms with Gasteiger partial charge in [0.15, 0.2) is 0 Å². The van der Waals surface area contributed by atoms with Crippen molar-refractivity contribution in [2.24, 2.45) is 0 Å². The molecular weight excluding hydrogens is 443 g/mol. The molecule has 5 nitrogen and oxygen atoms in total. The smallest absolute Gasteiger partial charge is 0.418 e. The molecular formula is C23H17ClF3N3O2. The molecule has 32 heavy (non-hydrogen) atoms. The van der Waals surface area contributed by atoms with E-state index >= 15 is 0 Å². The summed E-state index contributed by atoms with van der Waals surface area (Å²) in [5, 5.41) is 14.0. The van der Waals surface area contributed by atoms with Crippen molar-refractivity contribution in [3.05, 3.63) is 82.9 Å². The summed E-state index contributed by atoms with van der Waals surface area (Å²) in [6.45, 7) is 1.53. The number of hydrogen-bond acceptors (Lipinski definition) is 4. The molecule has 164 valence electrons. The SMILES string of the molecule is CC(Nc1ccc(Oc2ccc(C#N)cc2)cc1)C(=O)Nc1ccc(Cl)cc1C(F)(F)F. The van der Waals surface area contributed by atoms with Crippen LogP contribution in [0.5, 0.6) is 11.5 Å². The summed E-state index contributed by atoms with van der Waals surface area (Å²) in [6, 6.07) is 17.7. The van der Waals surface area contributed by atoms with Crippen molar-refractivity contribution in [2.75, 3.05) is 10.6 Å². The largest absolute Gasteiger partial charge is 0.457 e. The Morgan fingerprint density at radius 1 is 1.03 bits per heavy atom. The van der Waals surface area contributed by atoms with E-state index in [0.29, 0.717) is 22.7 Å². The highest BCUT2D eigenvalue weighted by atomic mass is 35.5. The summed E-state index contributed by atoms with van der Waals surface area (Å²) < 4.78 is 45.3. The van der Waals surface area contributed by atoms with Crippen molar-refractivity contribution >= 4 is 28.9 Å². The average Bonchev–Trinajstić information content (AvgIpc) is 2.76. The monoisotopic (exact) mass is 459 g/mol. The Kier molecular flexibility index (Phi) is 6.91. The number of nitrogens with zero attached hydrogens (tertiary/aromatic N) is 1. The number of nitrogens with one attached hydrogen (secondary N) is 2. The minimum Gasteiger partial charge on any atom is -0.457 e. The van der Waals surface area contributed by atoms with Gasteiger partial charge in [0.05, 0.1) is 22.9 Å². The van der Waals surface area contributed by atoms with E-state index in [-0.39, 0.29) is 10.7 Å². The number of ether oxygens (including phenoxy) is 1. The average molecular weight is 460 g/mol. The van der Waals surface area contributed by atoms with Crippen molar-refractivity contribution in [1.82, 2.24) is 0 Å². The van der Waals surface area contributed by atoms with Crippen LogP contribution in [0.15, 0.2) is 66.7 Å². The first-order valence-corrected chi connectivity index (χ1v) is 9.76. The van der Waals surface area contributed by atoms with E-state index < -0.39 is 23.7 Å². The normalized spacial score (nSPS) is 11.9. The maximum Gasteiger partial charge on any atom is 0.418 e. The summed E-state index contributed by atoms with van der Waals surface area (Å²) in [5.74, 6) is 0.449. The lowest BCUT2D eigenvalue weighted by Gasteiger charge is -2.18. The zero-order valence-electron chi connectivity index (χ0n) is 16.7. The van der Waals surface area contributed by atoms with Crippen LogP contribution in [0.4, 0.5) is 24.5 Å². The van der Waals surface area contributed by atoms with E-state index in [4.69, 9.17) is 21.6 Å². The lowest BCUT2D eigenvalue weighted by molar-refractivity contribution is -0.137. The topological polar surface area (TPSA) is 74.1 Å². The van der Waals surface area contributed by atoms with Gasteiger partial charge in [-0.1, -0.05) is 11.6 Å². The van der Waals surface area contributed by atoms with Gasteiger partial charge >= 0.3 is 6.18 Å². The number of nitriles is 1. The fourth-order valence-electron chi connectivity index (χ4n) is 2.77. The maximum atomic E-state index is 13.2. The molecule has 0 radical (unpaired) electrons. The van der Waals surface area contributed by atoms with Gasteiger partial charge in [-0.25, -0.2) is 0 Å². The number of alkyl halides is 3. The van der Waals surface area contributed by atoms with Crippen molar-refractivity contribution < 1.29 is 22.7 Å². The lowest BCUT2D eigenvalue weighted by atomic mass is 10.1. The fourth-order valence-corrected chi connectivity index (χ4v) is 2.94. The van der Waals surface area contributed by atoms with Crippen molar-refractivity contribution in [1.29, 1.82) is 5.26 Å². The van der Waals surface area contributed by atoms with Gasteiger partial charge in [0.2, 0.25) is 5.91 Å². The zero-order valence-corrected chi connectivity index (χ0v) is 17.5. The summed E-state index contributed by atoms with van der Waals surface area (Å²) in [4.78, 5) is 12.4. The van der Waals surface area contributed by atoms with Crippen molar-refractivity contribution in [3.63, 3.8) is 0 Å². The number of anilines is 2. The highest BCUT2D eigenvalue weighted by molar-refractivity contribution is 6.30. The standard InChI is InChI=1S/C23H17ClF3N3O2/c1-14(22(31)30-21-11-4-16(24)12-20(21)23(25,26)27)29-17-5-9-19(10-6-17)32-18-7-2-15(13-28)3-8-18/h2-12,14,29H,1H3,(H,30,31). The highest BCUT2D eigenvalue weighted by Gasteiger charge is 2.34. The Hall–Kier alpha value is -3.70. The summed E-state index contributed by atoms with van der Waals surface area (Å²) >= 11 is 5.66. The van der Waals surface area contributed by atoms with Crippen LogP contribution in [0, 0.1) is 11.3 Å². The van der Waals surface area contributed by atoms with Crippen LogP contribution in [0.3, 0.4) is 0 Å². The molecule has 0 fully saturated rings. The molecule has 3 aromatic carbocycles. The predicted molar refractivity (Wildman–Crippen MR) is 116 cm³/mol. The van der Waals surface area contributed by atoms with Crippen LogP contribution >= 0.6 is 11.6 Å². The molecule has 0 aliphatic rings. The first-order chi connectivity index (χ1) is 15.2. The van der Waals surface area contributed by atoms with Gasteiger partial charge in [0.25, 0.3) is 0 Å². The second-order valence-corrected chi connectivity index (χ2v) is 7.24. The molecule has 3 aromatic rings. The van der Waals surface area contributed by atoms with Gasteiger partial charge in [0, 0.05) is 10.7 Å². The van der Waals surface area contributed by atoms with E-state index in [1.165, 1.54) is 13.0 Å². The lowest BCUT2D eigenvalue weighted by Crippen LogP contribution is -2.32. The van der Waals surface area contributed by atoms with Crippen LogP contribution in [0.1, 0.15) is 18.1 Å². The number of carbonyl (C=O) groups excluding carboxylic acids is 1. The molecule has 0 aliphatic heterocycles. The molecule has 0 aliphatic carbocycles. The quantitative estimate of drug-likeness (QED) is 0.443. The first kappa shape index (κ1) is 23.0. The fraction of sp³-hybridized carbons (Fsp3) is 0.130. The number of carbonyl (C=O) groups is 1. The number of hydrogen-bond donors (Lipinski definition) is 2. The number of halogens is 4. The predicted octanol–water partition coefficient (Wildman–Crippen LogP) is 6.46. The first-order valence-electron chi connectivity index (χ1n) is 9.38. The Balaban J connectivity index is 1.62. The van der Waals surface area contributed by atoms with E-state index in [2.05, 4.69) is 10.6 Å². The Morgan fingerprint density at radius 3 is 2.19 bits per heavy atom. The third-order valence-corrected chi connectivity index (χ3v) is 4.63. The van der Waals surface area contributed by atoms with E-state index in [0.717, 1.165) is 12.1 Å². The Morgan fingerprint density at radius 2 is 1.62 bits per heavy atom. The summed E-state index contributed by atoms with van der Waals surface area (Å²) in [6.07, 6.45) is -4.66. The molecule has 9 heteroatoms. The molecule has 0 saturated carbocycles. The molecule has 3 rings (SSSR count). The second kappa shape index (κ2) is 9.62. The van der Waals surface area contributed by atoms with Crippen molar-refractivity contribution in [3.8, 4) is 17.6 Å². The molecule has 0 aromatic heterocycles. The van der Waals surface area contributed by atoms with Crippen molar-refractivity contribution in [2.45, 2.75) is 19.1 Å². The third-order valence-electron chi connectivity index (χ3n) is 4.39. The minimum atomic E-state index is -4.66. The van der Waals surface area contributed by atoms with Crippen LogP contribution in [-0.2, 0) is 11.0 Å². The number of benzene rings is 3. The van der Waals surface area contributed by atoms with Crippen LogP contribution in [0.25, 0.3) is 0 Å². The Bertz CT molecular complexity index is 1140. The van der Waals surface area contributed by atoms with Crippen LogP contribution < -0.4 is 15.4 Å². The maximum absolute atomic E-state index is 13.2. The van der Waals surface area contributed by atoms with Gasteiger partial charge in [-0.15, -0.1) is 0 Å². The zero-order chi connectivity index (χ0) is 23.3. The molecule has 1 amide bonds. The molecule has 2 N–H and O–H groups in total. The van der Waals surface area contributed by atoms with Gasteiger partial charge in [-0.3, -0.25) is 4.79 Å². The Labute approximate surface area is 187 Å². The molecule has 1 unspecified atom stereocenters. The molecule has 0 heterocycles. The van der Waals surface area contributed by atoms with Crippen LogP contribution in [-0.4, -0.2) is 11.9 Å². The highest BCUT2D eigenvalue weighted by Crippen LogP contribution is 2.36. The van der Waals surface area contributed by atoms with E-state index in [9.17, 15) is 18.0 Å².